The van der Waals surface area contributed by atoms with Gasteiger partial charge in [-0.05, 0) is 43.5 Å². The molecule has 4 nitrogen and oxygen atoms in total. The Kier molecular flexibility index (Phi) is 3.47. The van der Waals surface area contributed by atoms with E-state index in [-0.39, 0.29) is 11.9 Å². The van der Waals surface area contributed by atoms with Crippen LogP contribution < -0.4 is 9.64 Å². The quantitative estimate of drug-likeness (QED) is 0.847. The molecule has 0 saturated heterocycles. The summed E-state index contributed by atoms with van der Waals surface area (Å²) in [5, 5.41) is 20.5. The molecule has 2 N–H and O–H groups in total. The molecule has 2 aromatic rings. The van der Waals surface area contributed by atoms with Crippen LogP contribution in [0.4, 0.5) is 15.8 Å². The number of ether oxygens (including phenoxy) is 1. The molecule has 2 aromatic carbocycles. The second-order valence-electron chi connectivity index (χ2n) is 6.11. The predicted molar refractivity (Wildman–Crippen MR) is 84.7 cm³/mol. The van der Waals surface area contributed by atoms with E-state index in [1.165, 1.54) is 12.1 Å². The lowest BCUT2D eigenvalue weighted by Crippen LogP contribution is -2.50. The van der Waals surface area contributed by atoms with Crippen LogP contribution >= 0.6 is 0 Å². The predicted octanol–water partition coefficient (Wildman–Crippen LogP) is 3.34. The van der Waals surface area contributed by atoms with Gasteiger partial charge in [-0.15, -0.1) is 0 Å². The summed E-state index contributed by atoms with van der Waals surface area (Å²) in [6, 6.07) is 11.5. The van der Waals surface area contributed by atoms with E-state index >= 15 is 0 Å². The van der Waals surface area contributed by atoms with Gasteiger partial charge in [0.05, 0.1) is 23.5 Å². The second-order valence-corrected chi connectivity index (χ2v) is 6.11. The summed E-state index contributed by atoms with van der Waals surface area (Å²) in [6.45, 7) is 0. The number of nitrogens with zero attached hydrogens (tertiary/aromatic N) is 1. The number of para-hydroxylation sites is 2. The molecule has 1 aliphatic heterocycles. The third-order valence-electron chi connectivity index (χ3n) is 4.65. The average molecular weight is 315 g/mol. The zero-order valence-electron chi connectivity index (χ0n) is 12.5. The van der Waals surface area contributed by atoms with Crippen LogP contribution in [-0.2, 0) is 0 Å². The average Bonchev–Trinajstić information content (AvgIpc) is 2.56. The maximum absolute atomic E-state index is 13.8. The van der Waals surface area contributed by atoms with Gasteiger partial charge < -0.3 is 19.8 Å². The Morgan fingerprint density at radius 2 is 1.78 bits per heavy atom. The third kappa shape index (κ3) is 2.36. The molecule has 0 spiro atoms. The van der Waals surface area contributed by atoms with Crippen molar-refractivity contribution < 1.29 is 19.3 Å². The van der Waals surface area contributed by atoms with Gasteiger partial charge in [-0.2, -0.15) is 0 Å². The summed E-state index contributed by atoms with van der Waals surface area (Å²) in [5.41, 5.74) is 1.37. The van der Waals surface area contributed by atoms with Crippen molar-refractivity contribution in [1.29, 1.82) is 0 Å². The first-order valence-corrected chi connectivity index (χ1v) is 7.87. The SMILES string of the molecule is O[C@H]1[C@@H](O)CCC[C@@H]1N1c2ccccc2Oc2ccc(F)cc21. The molecule has 1 fully saturated rings. The molecular weight excluding hydrogens is 297 g/mol. The summed E-state index contributed by atoms with van der Waals surface area (Å²) in [4.78, 5) is 1.91. The van der Waals surface area contributed by atoms with E-state index in [1.54, 1.807) is 6.07 Å². The van der Waals surface area contributed by atoms with Gasteiger partial charge in [-0.25, -0.2) is 4.39 Å². The highest BCUT2D eigenvalue weighted by molar-refractivity contribution is 5.78. The lowest BCUT2D eigenvalue weighted by molar-refractivity contribution is -0.0206. The molecular formula is C18H18FNO3. The Balaban J connectivity index is 1.86. The molecule has 2 aliphatic rings. The van der Waals surface area contributed by atoms with Crippen molar-refractivity contribution in [1.82, 2.24) is 0 Å². The fraction of sp³-hybridized carbons (Fsp3) is 0.333. The van der Waals surface area contributed by atoms with Crippen LogP contribution in [0.5, 0.6) is 11.5 Å². The van der Waals surface area contributed by atoms with Gasteiger partial charge in [-0.3, -0.25) is 0 Å². The van der Waals surface area contributed by atoms with Crippen molar-refractivity contribution in [3.63, 3.8) is 0 Å². The summed E-state index contributed by atoms with van der Waals surface area (Å²) in [5.74, 6) is 0.860. The van der Waals surface area contributed by atoms with Crippen LogP contribution in [-0.4, -0.2) is 28.5 Å². The molecule has 0 unspecified atom stereocenters. The highest BCUT2D eigenvalue weighted by Crippen LogP contribution is 2.49. The Labute approximate surface area is 133 Å². The van der Waals surface area contributed by atoms with Gasteiger partial charge in [0, 0.05) is 6.07 Å². The van der Waals surface area contributed by atoms with Crippen molar-refractivity contribution in [2.75, 3.05) is 4.90 Å². The van der Waals surface area contributed by atoms with Crippen LogP contribution in [0.1, 0.15) is 19.3 Å². The molecule has 0 bridgehead atoms. The Hall–Kier alpha value is -2.11. The molecule has 5 heteroatoms. The fourth-order valence-electron chi connectivity index (χ4n) is 3.53. The summed E-state index contributed by atoms with van der Waals surface area (Å²) in [6.07, 6.45) is 0.474. The van der Waals surface area contributed by atoms with Crippen LogP contribution in [0.3, 0.4) is 0 Å². The lowest BCUT2D eigenvalue weighted by atomic mass is 9.88. The van der Waals surface area contributed by atoms with Gasteiger partial charge in [0.25, 0.3) is 0 Å². The smallest absolute Gasteiger partial charge is 0.151 e. The minimum Gasteiger partial charge on any atom is -0.453 e. The number of anilines is 2. The summed E-state index contributed by atoms with van der Waals surface area (Å²) in [7, 11) is 0. The molecule has 1 saturated carbocycles. The standard InChI is InChI=1S/C18H18FNO3/c19-11-8-9-17-14(10-11)20(12-4-1-2-7-16(12)23-17)13-5-3-6-15(21)18(13)22/h1-2,4,7-10,13,15,18,21-22H,3,5-6H2/t13-,15-,18+/m0/s1. The number of rotatable bonds is 1. The van der Waals surface area contributed by atoms with E-state index in [4.69, 9.17) is 4.74 Å². The van der Waals surface area contributed by atoms with E-state index in [0.717, 1.165) is 18.5 Å². The van der Waals surface area contributed by atoms with Crippen LogP contribution in [0.25, 0.3) is 0 Å². The topological polar surface area (TPSA) is 52.9 Å². The molecule has 4 rings (SSSR count). The zero-order chi connectivity index (χ0) is 16.0. The van der Waals surface area contributed by atoms with Crippen molar-refractivity contribution >= 4 is 11.4 Å². The molecule has 1 heterocycles. The summed E-state index contributed by atoms with van der Waals surface area (Å²) < 4.78 is 19.7. The van der Waals surface area contributed by atoms with Crippen molar-refractivity contribution in [3.8, 4) is 11.5 Å². The first-order valence-electron chi connectivity index (χ1n) is 7.87. The highest BCUT2D eigenvalue weighted by Gasteiger charge is 2.39. The first-order chi connectivity index (χ1) is 11.1. The van der Waals surface area contributed by atoms with Crippen molar-refractivity contribution in [3.05, 3.63) is 48.3 Å². The van der Waals surface area contributed by atoms with Gasteiger partial charge in [-0.1, -0.05) is 12.1 Å². The number of aliphatic hydroxyl groups is 2. The highest BCUT2D eigenvalue weighted by atomic mass is 19.1. The molecule has 23 heavy (non-hydrogen) atoms. The van der Waals surface area contributed by atoms with E-state index in [1.807, 2.05) is 29.2 Å². The third-order valence-corrected chi connectivity index (χ3v) is 4.65. The van der Waals surface area contributed by atoms with E-state index < -0.39 is 12.2 Å². The monoisotopic (exact) mass is 315 g/mol. The first kappa shape index (κ1) is 14.5. The Bertz CT molecular complexity index is 736. The second kappa shape index (κ2) is 5.51. The lowest BCUT2D eigenvalue weighted by Gasteiger charge is -2.43. The largest absolute Gasteiger partial charge is 0.453 e. The van der Waals surface area contributed by atoms with E-state index in [0.29, 0.717) is 23.6 Å². The van der Waals surface area contributed by atoms with Crippen LogP contribution in [0.2, 0.25) is 0 Å². The molecule has 3 atom stereocenters. The number of fused-ring (bicyclic) bond motifs is 2. The minimum absolute atomic E-state index is 0.315. The van der Waals surface area contributed by atoms with Crippen LogP contribution in [0.15, 0.2) is 42.5 Å². The van der Waals surface area contributed by atoms with Crippen LogP contribution in [0, 0.1) is 5.82 Å². The number of benzene rings is 2. The fourth-order valence-corrected chi connectivity index (χ4v) is 3.53. The molecule has 0 aromatic heterocycles. The summed E-state index contributed by atoms with van der Waals surface area (Å²) >= 11 is 0. The maximum atomic E-state index is 13.8. The van der Waals surface area contributed by atoms with Crippen molar-refractivity contribution in [2.45, 2.75) is 37.5 Å². The van der Waals surface area contributed by atoms with Crippen molar-refractivity contribution in [2.24, 2.45) is 0 Å². The van der Waals surface area contributed by atoms with Gasteiger partial charge in [0.15, 0.2) is 11.5 Å². The Morgan fingerprint density at radius 3 is 2.65 bits per heavy atom. The Morgan fingerprint density at radius 1 is 1.00 bits per heavy atom. The van der Waals surface area contributed by atoms with Gasteiger partial charge in [0.2, 0.25) is 0 Å². The van der Waals surface area contributed by atoms with Gasteiger partial charge in [0.1, 0.15) is 11.9 Å². The molecule has 0 amide bonds. The molecule has 1 aliphatic carbocycles. The number of hydrogen-bond donors (Lipinski definition) is 2. The number of hydrogen-bond acceptors (Lipinski definition) is 4. The van der Waals surface area contributed by atoms with Gasteiger partial charge >= 0.3 is 0 Å². The maximum Gasteiger partial charge on any atom is 0.151 e. The van der Waals surface area contributed by atoms with E-state index in [9.17, 15) is 14.6 Å². The molecule has 120 valence electrons. The normalized spacial score (nSPS) is 26.2. The number of aliphatic hydroxyl groups excluding tert-OH is 2. The minimum atomic E-state index is -0.883. The zero-order valence-corrected chi connectivity index (χ0v) is 12.5. The van der Waals surface area contributed by atoms with E-state index in [2.05, 4.69) is 0 Å². The number of halogens is 1. The molecule has 0 radical (unpaired) electrons.